The van der Waals surface area contributed by atoms with Crippen LogP contribution in [0.3, 0.4) is 0 Å². The van der Waals surface area contributed by atoms with Gasteiger partial charge in [0.2, 0.25) is 0 Å². The van der Waals surface area contributed by atoms with E-state index >= 15 is 0 Å². The van der Waals surface area contributed by atoms with Crippen LogP contribution >= 0.6 is 0 Å². The molecule has 1 heteroatoms. The molecular weight excluding hydrogens is 230 g/mol. The first-order valence-electron chi connectivity index (χ1n) is 4.91. The minimum absolute atomic E-state index is 1.70. The molecule has 84 valence electrons. The Morgan fingerprint density at radius 1 is 0.526 bits per heavy atom. The van der Waals surface area contributed by atoms with Crippen LogP contribution in [0.5, 0.6) is 0 Å². The molecule has 0 spiro atoms. The van der Waals surface area contributed by atoms with Crippen molar-refractivity contribution in [3.8, 4) is 95.4 Å². The van der Waals surface area contributed by atoms with E-state index in [0.29, 0.717) is 0 Å². The fourth-order valence-corrected chi connectivity index (χ4v) is 0.520. The zero-order valence-corrected chi connectivity index (χ0v) is 10.5. The zero-order valence-electron chi connectivity index (χ0n) is 10.5. The summed E-state index contributed by atoms with van der Waals surface area (Å²) in [5.74, 6) is 34.5. The molecule has 0 aromatic carbocycles. The molecule has 0 bridgehead atoms. The second-order valence-electron chi connectivity index (χ2n) is 2.78. The maximum atomic E-state index is 4.90. The Hall–Kier alpha value is -3.72. The summed E-state index contributed by atoms with van der Waals surface area (Å²) in [7, 11) is 3.65. The lowest BCUT2D eigenvalue weighted by Crippen LogP contribution is -2.00. The molecule has 1 nitrogen and oxygen atoms in total. The minimum atomic E-state index is 1.70. The summed E-state index contributed by atoms with van der Waals surface area (Å²) in [5, 5.41) is 0. The van der Waals surface area contributed by atoms with Gasteiger partial charge in [0.05, 0.1) is 0 Å². The van der Waals surface area contributed by atoms with Gasteiger partial charge in [-0.2, -0.15) is 0 Å². The SMILES string of the molecule is C#CC#CC#CC#CC#CC#CC#CC#CN(C)C. The molecule has 0 saturated heterocycles. The van der Waals surface area contributed by atoms with Crippen LogP contribution in [0.2, 0.25) is 0 Å². The second kappa shape index (κ2) is 12.4. The van der Waals surface area contributed by atoms with E-state index in [1.807, 2.05) is 14.1 Å². The third-order valence-electron chi connectivity index (χ3n) is 1.10. The third kappa shape index (κ3) is 14.3. The standard InChI is InChI=1S/C18H7N/c1-4-5-6-7-8-9-10-11-12-13-14-15-16-17-18-19(2)3/h1H,2-3H3. The van der Waals surface area contributed by atoms with E-state index in [-0.39, 0.29) is 0 Å². The van der Waals surface area contributed by atoms with Crippen molar-refractivity contribution in [3.05, 3.63) is 0 Å². The number of rotatable bonds is 0. The normalized spacial score (nSPS) is 4.47. The van der Waals surface area contributed by atoms with Gasteiger partial charge < -0.3 is 4.90 Å². The van der Waals surface area contributed by atoms with Crippen LogP contribution in [0, 0.1) is 95.4 Å². The maximum Gasteiger partial charge on any atom is 0.0211 e. The van der Waals surface area contributed by atoms with Crippen LogP contribution in [0.1, 0.15) is 0 Å². The van der Waals surface area contributed by atoms with E-state index in [1.165, 1.54) is 0 Å². The van der Waals surface area contributed by atoms with Gasteiger partial charge in [0.25, 0.3) is 0 Å². The van der Waals surface area contributed by atoms with Crippen molar-refractivity contribution >= 4 is 0 Å². The molecule has 0 N–H and O–H groups in total. The fourth-order valence-electron chi connectivity index (χ4n) is 0.520. The number of nitrogens with zero attached hydrogens (tertiary/aromatic N) is 1. The Morgan fingerprint density at radius 3 is 1.16 bits per heavy atom. The largest absolute Gasteiger partial charge is 0.338 e. The first-order chi connectivity index (χ1) is 9.27. The molecule has 0 rings (SSSR count). The van der Waals surface area contributed by atoms with Crippen molar-refractivity contribution in [1.82, 2.24) is 4.90 Å². The molecule has 0 aliphatic carbocycles. The van der Waals surface area contributed by atoms with E-state index in [4.69, 9.17) is 6.42 Å². The molecule has 19 heavy (non-hydrogen) atoms. The molecule has 0 unspecified atom stereocenters. The molecular formula is C18H7N. The van der Waals surface area contributed by atoms with Crippen LogP contribution < -0.4 is 0 Å². The lowest BCUT2D eigenvalue weighted by Gasteiger charge is -1.94. The smallest absolute Gasteiger partial charge is 0.0211 e. The van der Waals surface area contributed by atoms with Crippen molar-refractivity contribution in [2.45, 2.75) is 0 Å². The van der Waals surface area contributed by atoms with Crippen LogP contribution in [-0.2, 0) is 0 Å². The average molecular weight is 237 g/mol. The van der Waals surface area contributed by atoms with Gasteiger partial charge in [-0.1, -0.05) is 0 Å². The fraction of sp³-hybridized carbons (Fsp3) is 0.111. The summed E-state index contributed by atoms with van der Waals surface area (Å²) in [4.78, 5) is 1.70. The van der Waals surface area contributed by atoms with Gasteiger partial charge in [0, 0.05) is 61.6 Å². The lowest BCUT2D eigenvalue weighted by atomic mass is 10.5. The molecule has 0 aliphatic rings. The predicted octanol–water partition coefficient (Wildman–Crippen LogP) is 0.162. The highest BCUT2D eigenvalue weighted by molar-refractivity contribution is 5.45. The highest BCUT2D eigenvalue weighted by atomic mass is 15.0. The maximum absolute atomic E-state index is 4.90. The Bertz CT molecular complexity index is 783. The first kappa shape index (κ1) is 15.3. The third-order valence-corrected chi connectivity index (χ3v) is 1.10. The van der Waals surface area contributed by atoms with E-state index in [1.54, 1.807) is 4.90 Å². The summed E-state index contributed by atoms with van der Waals surface area (Å²) >= 11 is 0. The number of hydrogen-bond acceptors (Lipinski definition) is 1. The molecule has 0 aromatic heterocycles. The summed E-state index contributed by atoms with van der Waals surface area (Å²) in [6.45, 7) is 0. The summed E-state index contributed by atoms with van der Waals surface area (Å²) in [6, 6.07) is 2.73. The van der Waals surface area contributed by atoms with E-state index in [2.05, 4.69) is 88.9 Å². The van der Waals surface area contributed by atoms with E-state index in [9.17, 15) is 0 Å². The predicted molar refractivity (Wildman–Crippen MR) is 77.0 cm³/mol. The van der Waals surface area contributed by atoms with Crippen molar-refractivity contribution in [3.63, 3.8) is 0 Å². The molecule has 0 aliphatic heterocycles. The van der Waals surface area contributed by atoms with Crippen molar-refractivity contribution in [2.24, 2.45) is 0 Å². The second-order valence-corrected chi connectivity index (χ2v) is 2.78. The van der Waals surface area contributed by atoms with Crippen molar-refractivity contribution in [2.75, 3.05) is 14.1 Å². The Labute approximate surface area is 115 Å². The highest BCUT2D eigenvalue weighted by Crippen LogP contribution is 1.63. The molecule has 0 saturated carbocycles. The number of hydrogen-bond donors (Lipinski definition) is 0. The van der Waals surface area contributed by atoms with Gasteiger partial charge in [0.15, 0.2) is 0 Å². The minimum Gasteiger partial charge on any atom is -0.338 e. The van der Waals surface area contributed by atoms with Crippen LogP contribution in [-0.4, -0.2) is 19.0 Å². The number of terminal acetylenes is 1. The zero-order chi connectivity index (χ0) is 14.2. The van der Waals surface area contributed by atoms with Gasteiger partial charge in [-0.05, 0) is 41.4 Å². The Morgan fingerprint density at radius 2 is 0.842 bits per heavy atom. The average Bonchev–Trinajstić information content (AvgIpc) is 2.39. The van der Waals surface area contributed by atoms with Crippen LogP contribution in [0.25, 0.3) is 0 Å². The Kier molecular flexibility index (Phi) is 9.93. The van der Waals surface area contributed by atoms with Gasteiger partial charge in [-0.25, -0.2) is 0 Å². The monoisotopic (exact) mass is 237 g/mol. The van der Waals surface area contributed by atoms with Crippen LogP contribution in [0.4, 0.5) is 0 Å². The lowest BCUT2D eigenvalue weighted by molar-refractivity contribution is 0.598. The summed E-state index contributed by atoms with van der Waals surface area (Å²) in [5.41, 5.74) is 0. The van der Waals surface area contributed by atoms with Gasteiger partial charge in [-0.3, -0.25) is 0 Å². The molecule has 0 aromatic rings. The highest BCUT2D eigenvalue weighted by Gasteiger charge is 1.67. The van der Waals surface area contributed by atoms with Crippen molar-refractivity contribution in [1.29, 1.82) is 0 Å². The van der Waals surface area contributed by atoms with Gasteiger partial charge in [0.1, 0.15) is 0 Å². The van der Waals surface area contributed by atoms with E-state index in [0.717, 1.165) is 0 Å². The quantitative estimate of drug-likeness (QED) is 0.428. The molecule has 0 heterocycles. The summed E-state index contributed by atoms with van der Waals surface area (Å²) < 4.78 is 0. The molecule has 0 atom stereocenters. The van der Waals surface area contributed by atoms with Crippen LogP contribution in [0.15, 0.2) is 0 Å². The summed E-state index contributed by atoms with van der Waals surface area (Å²) in [6.07, 6.45) is 4.90. The first-order valence-corrected chi connectivity index (χ1v) is 4.91. The topological polar surface area (TPSA) is 3.24 Å². The molecule has 0 radical (unpaired) electrons. The van der Waals surface area contributed by atoms with Gasteiger partial charge >= 0.3 is 0 Å². The van der Waals surface area contributed by atoms with Crippen molar-refractivity contribution < 1.29 is 0 Å². The molecule has 0 amide bonds. The Balaban J connectivity index is 4.29. The van der Waals surface area contributed by atoms with Gasteiger partial charge in [-0.15, -0.1) is 6.42 Å². The van der Waals surface area contributed by atoms with E-state index < -0.39 is 0 Å². The molecule has 0 fully saturated rings.